The molecule has 0 aliphatic carbocycles. The van der Waals surface area contributed by atoms with E-state index in [0.717, 1.165) is 0 Å². The second-order valence-electron chi connectivity index (χ2n) is 6.32. The maximum absolute atomic E-state index is 2.38. The Labute approximate surface area is 140 Å². The van der Waals surface area contributed by atoms with Crippen LogP contribution in [0.25, 0.3) is 38.3 Å². The molecule has 0 unspecified atom stereocenters. The predicted octanol–water partition coefficient (Wildman–Crippen LogP) is 6.25. The highest BCUT2D eigenvalue weighted by molar-refractivity contribution is 6.21. The van der Waals surface area contributed by atoms with Crippen LogP contribution >= 0.6 is 0 Å². The zero-order chi connectivity index (χ0) is 16.1. The largest absolute Gasteiger partial charge is 0.309 e. The molecule has 0 bridgehead atoms. The van der Waals surface area contributed by atoms with Gasteiger partial charge in [0.15, 0.2) is 0 Å². The molecule has 1 heteroatoms. The third-order valence-corrected chi connectivity index (χ3v) is 4.90. The van der Waals surface area contributed by atoms with Crippen LogP contribution in [0, 0.1) is 6.92 Å². The molecule has 0 radical (unpaired) electrons. The summed E-state index contributed by atoms with van der Waals surface area (Å²) in [5, 5.41) is 5.32. The van der Waals surface area contributed by atoms with Gasteiger partial charge in [-0.2, -0.15) is 0 Å². The average Bonchev–Trinajstić information content (AvgIpc) is 2.97. The van der Waals surface area contributed by atoms with Gasteiger partial charge in [0, 0.05) is 16.5 Å². The van der Waals surface area contributed by atoms with Crippen molar-refractivity contribution in [3.05, 3.63) is 90.5 Å². The fraction of sp³-hybridized carbons (Fsp3) is 0.0435. The fourth-order valence-electron chi connectivity index (χ4n) is 3.86. The van der Waals surface area contributed by atoms with Crippen molar-refractivity contribution in [3.63, 3.8) is 0 Å². The zero-order valence-corrected chi connectivity index (χ0v) is 13.5. The molecule has 1 heterocycles. The Kier molecular flexibility index (Phi) is 2.77. The van der Waals surface area contributed by atoms with Gasteiger partial charge >= 0.3 is 0 Å². The molecule has 0 saturated carbocycles. The van der Waals surface area contributed by atoms with Gasteiger partial charge in [0.1, 0.15) is 0 Å². The number of nitrogens with zero attached hydrogens (tertiary/aromatic N) is 1. The van der Waals surface area contributed by atoms with Gasteiger partial charge in [-0.05, 0) is 47.5 Å². The van der Waals surface area contributed by atoms with Crippen LogP contribution in [0.5, 0.6) is 0 Å². The number of fused-ring (bicyclic) bond motifs is 5. The molecule has 114 valence electrons. The lowest BCUT2D eigenvalue weighted by Crippen LogP contribution is -1.93. The van der Waals surface area contributed by atoms with E-state index in [2.05, 4.69) is 96.4 Å². The smallest absolute Gasteiger partial charge is 0.0550 e. The average molecular weight is 307 g/mol. The van der Waals surface area contributed by atoms with Crippen molar-refractivity contribution in [1.29, 1.82) is 0 Å². The zero-order valence-electron chi connectivity index (χ0n) is 13.5. The van der Waals surface area contributed by atoms with E-state index in [4.69, 9.17) is 0 Å². The molecule has 0 aliphatic heterocycles. The van der Waals surface area contributed by atoms with E-state index >= 15 is 0 Å². The van der Waals surface area contributed by atoms with Crippen molar-refractivity contribution in [2.75, 3.05) is 0 Å². The first-order chi connectivity index (χ1) is 11.8. The van der Waals surface area contributed by atoms with E-state index in [1.807, 2.05) is 0 Å². The predicted molar refractivity (Wildman–Crippen MR) is 103 cm³/mol. The van der Waals surface area contributed by atoms with E-state index in [0.29, 0.717) is 0 Å². The minimum atomic E-state index is 1.21. The highest BCUT2D eigenvalue weighted by Crippen LogP contribution is 2.37. The maximum Gasteiger partial charge on any atom is 0.0550 e. The molecule has 4 aromatic carbocycles. The monoisotopic (exact) mass is 307 g/mol. The van der Waals surface area contributed by atoms with Crippen LogP contribution in [0.4, 0.5) is 0 Å². The number of aryl methyl sites for hydroxylation is 1. The number of rotatable bonds is 1. The number of benzene rings is 4. The van der Waals surface area contributed by atoms with Crippen LogP contribution in [0.15, 0.2) is 84.9 Å². The lowest BCUT2D eigenvalue weighted by Gasteiger charge is -2.09. The molecule has 5 rings (SSSR count). The Morgan fingerprint density at radius 1 is 0.583 bits per heavy atom. The summed E-state index contributed by atoms with van der Waals surface area (Å²) in [6.07, 6.45) is 0. The highest BCUT2D eigenvalue weighted by Gasteiger charge is 2.15. The van der Waals surface area contributed by atoms with Gasteiger partial charge in [-0.15, -0.1) is 0 Å². The molecule has 0 amide bonds. The summed E-state index contributed by atoms with van der Waals surface area (Å²) < 4.78 is 2.38. The summed E-state index contributed by atoms with van der Waals surface area (Å²) >= 11 is 0. The Morgan fingerprint density at radius 2 is 1.21 bits per heavy atom. The first-order valence-electron chi connectivity index (χ1n) is 8.31. The van der Waals surface area contributed by atoms with Gasteiger partial charge < -0.3 is 4.57 Å². The van der Waals surface area contributed by atoms with E-state index in [1.165, 1.54) is 43.8 Å². The fourth-order valence-corrected chi connectivity index (χ4v) is 3.86. The van der Waals surface area contributed by atoms with Crippen LogP contribution < -0.4 is 0 Å². The van der Waals surface area contributed by atoms with Gasteiger partial charge in [-0.25, -0.2) is 0 Å². The Bertz CT molecular complexity index is 1200. The van der Waals surface area contributed by atoms with Gasteiger partial charge in [0.05, 0.1) is 11.0 Å². The quantitative estimate of drug-likeness (QED) is 0.345. The molecule has 0 aliphatic rings. The van der Waals surface area contributed by atoms with E-state index in [9.17, 15) is 0 Å². The molecule has 0 N–H and O–H groups in total. The SMILES string of the molecule is Cc1cc2c(c3ccccc13)c1ccccc1n2-c1ccccc1. The molecular formula is C23H17N. The third-order valence-electron chi connectivity index (χ3n) is 4.90. The van der Waals surface area contributed by atoms with Crippen molar-refractivity contribution in [2.24, 2.45) is 0 Å². The van der Waals surface area contributed by atoms with Gasteiger partial charge in [0.25, 0.3) is 0 Å². The van der Waals surface area contributed by atoms with Crippen molar-refractivity contribution in [2.45, 2.75) is 6.92 Å². The minimum Gasteiger partial charge on any atom is -0.309 e. The van der Waals surface area contributed by atoms with E-state index in [-0.39, 0.29) is 0 Å². The molecule has 5 aromatic rings. The number of para-hydroxylation sites is 2. The molecule has 1 aromatic heterocycles. The van der Waals surface area contributed by atoms with E-state index < -0.39 is 0 Å². The van der Waals surface area contributed by atoms with Gasteiger partial charge in [-0.3, -0.25) is 0 Å². The van der Waals surface area contributed by atoms with Crippen LogP contribution in [-0.4, -0.2) is 4.57 Å². The second kappa shape index (κ2) is 4.97. The standard InChI is InChI=1S/C23H17N/c1-16-15-22-23(19-12-6-5-11-18(16)19)20-13-7-8-14-21(20)24(22)17-9-3-2-4-10-17/h2-15H,1H3. The molecule has 0 fully saturated rings. The van der Waals surface area contributed by atoms with Crippen molar-refractivity contribution < 1.29 is 0 Å². The summed E-state index contributed by atoms with van der Waals surface area (Å²) in [6.45, 7) is 2.20. The molecule has 0 saturated heterocycles. The van der Waals surface area contributed by atoms with Gasteiger partial charge in [-0.1, -0.05) is 60.7 Å². The Morgan fingerprint density at radius 3 is 2.00 bits per heavy atom. The van der Waals surface area contributed by atoms with Crippen molar-refractivity contribution in [3.8, 4) is 5.69 Å². The topological polar surface area (TPSA) is 4.93 Å². The summed E-state index contributed by atoms with van der Waals surface area (Å²) in [7, 11) is 0. The molecule has 1 nitrogen and oxygen atoms in total. The first kappa shape index (κ1) is 13.4. The van der Waals surface area contributed by atoms with Crippen LogP contribution in [-0.2, 0) is 0 Å². The summed E-state index contributed by atoms with van der Waals surface area (Å²) in [6, 6.07) is 30.4. The van der Waals surface area contributed by atoms with E-state index in [1.54, 1.807) is 0 Å². The van der Waals surface area contributed by atoms with Crippen LogP contribution in [0.3, 0.4) is 0 Å². The highest BCUT2D eigenvalue weighted by atomic mass is 15.0. The number of hydrogen-bond donors (Lipinski definition) is 0. The summed E-state index contributed by atoms with van der Waals surface area (Å²) in [5.41, 5.74) is 5.06. The van der Waals surface area contributed by atoms with Crippen molar-refractivity contribution >= 4 is 32.6 Å². The third kappa shape index (κ3) is 1.75. The number of aromatic nitrogens is 1. The summed E-state index contributed by atoms with van der Waals surface area (Å²) in [5.74, 6) is 0. The minimum absolute atomic E-state index is 1.21. The second-order valence-corrected chi connectivity index (χ2v) is 6.32. The Hall–Kier alpha value is -3.06. The van der Waals surface area contributed by atoms with Crippen LogP contribution in [0.2, 0.25) is 0 Å². The summed E-state index contributed by atoms with van der Waals surface area (Å²) in [4.78, 5) is 0. The molecule has 0 atom stereocenters. The number of hydrogen-bond acceptors (Lipinski definition) is 0. The molecule has 24 heavy (non-hydrogen) atoms. The first-order valence-corrected chi connectivity index (χ1v) is 8.31. The Balaban J connectivity index is 2.10. The van der Waals surface area contributed by atoms with Gasteiger partial charge in [0.2, 0.25) is 0 Å². The molecular weight excluding hydrogens is 290 g/mol. The lowest BCUT2D eigenvalue weighted by molar-refractivity contribution is 1.18. The van der Waals surface area contributed by atoms with Crippen LogP contribution in [0.1, 0.15) is 5.56 Å². The molecule has 0 spiro atoms. The normalized spacial score (nSPS) is 11.5. The lowest BCUT2D eigenvalue weighted by atomic mass is 10.00. The maximum atomic E-state index is 2.38. The van der Waals surface area contributed by atoms with Crippen molar-refractivity contribution in [1.82, 2.24) is 4.57 Å².